The van der Waals surface area contributed by atoms with Gasteiger partial charge >= 0.3 is 0 Å². The number of rotatable bonds is 4. The maximum Gasteiger partial charge on any atom is 0.138 e. The van der Waals surface area contributed by atoms with Gasteiger partial charge in [-0.05, 0) is 54.7 Å². The fraction of sp³-hybridized carbons (Fsp3) is 0.350. The second-order valence-corrected chi connectivity index (χ2v) is 6.70. The first kappa shape index (κ1) is 15.1. The van der Waals surface area contributed by atoms with Gasteiger partial charge in [0.05, 0.1) is 5.69 Å². The Morgan fingerprint density at radius 2 is 2.08 bits per heavy atom. The minimum atomic E-state index is 0.840. The number of pyridine rings is 1. The van der Waals surface area contributed by atoms with E-state index in [-0.39, 0.29) is 0 Å². The second kappa shape index (κ2) is 6.19. The third kappa shape index (κ3) is 2.73. The van der Waals surface area contributed by atoms with E-state index in [1.807, 2.05) is 6.07 Å². The van der Waals surface area contributed by atoms with Gasteiger partial charge in [-0.3, -0.25) is 0 Å². The van der Waals surface area contributed by atoms with Gasteiger partial charge in [0, 0.05) is 29.9 Å². The predicted octanol–water partition coefficient (Wildman–Crippen LogP) is 5.59. The summed E-state index contributed by atoms with van der Waals surface area (Å²) in [6, 6.07) is 10.7. The van der Waals surface area contributed by atoms with Crippen LogP contribution in [0.25, 0.3) is 22.2 Å². The van der Waals surface area contributed by atoms with Gasteiger partial charge in [0.25, 0.3) is 0 Å². The number of H-pyrrole nitrogens is 1. The Kier molecular flexibility index (Phi) is 3.89. The predicted molar refractivity (Wildman–Crippen MR) is 97.8 cm³/mol. The number of fused-ring (bicyclic) bond motifs is 1. The van der Waals surface area contributed by atoms with Crippen LogP contribution in [0.1, 0.15) is 30.5 Å². The highest BCUT2D eigenvalue weighted by Crippen LogP contribution is 2.33. The Balaban J connectivity index is 1.68. The number of nitrogens with one attached hydrogen (secondary N) is 1. The van der Waals surface area contributed by atoms with Crippen LogP contribution in [0.4, 0.5) is 5.69 Å². The summed E-state index contributed by atoms with van der Waals surface area (Å²) < 4.78 is 0. The quantitative estimate of drug-likeness (QED) is 0.626. The number of hydrogen-bond donors (Lipinski definition) is 1. The van der Waals surface area contributed by atoms with E-state index in [1.165, 1.54) is 41.5 Å². The van der Waals surface area contributed by atoms with Crippen molar-refractivity contribution in [1.82, 2.24) is 9.97 Å². The summed E-state index contributed by atoms with van der Waals surface area (Å²) in [5.41, 5.74) is 6.61. The molecule has 3 aromatic rings. The Morgan fingerprint density at radius 1 is 1.21 bits per heavy atom. The topological polar surface area (TPSA) is 53.4 Å². The van der Waals surface area contributed by atoms with Crippen LogP contribution in [0.5, 0.6) is 0 Å². The molecule has 24 heavy (non-hydrogen) atoms. The van der Waals surface area contributed by atoms with Crippen molar-refractivity contribution in [2.45, 2.75) is 32.6 Å². The Labute approximate surface area is 142 Å². The lowest BCUT2D eigenvalue weighted by atomic mass is 9.82. The summed E-state index contributed by atoms with van der Waals surface area (Å²) in [4.78, 5) is 8.17. The van der Waals surface area contributed by atoms with E-state index < -0.39 is 0 Å². The highest BCUT2D eigenvalue weighted by Gasteiger charge is 2.18. The summed E-state index contributed by atoms with van der Waals surface area (Å²) in [5, 5.41) is 9.19. The van der Waals surface area contributed by atoms with Crippen LogP contribution in [0.3, 0.4) is 0 Å². The van der Waals surface area contributed by atoms with Gasteiger partial charge < -0.3 is 4.98 Å². The van der Waals surface area contributed by atoms with Crippen LogP contribution in [-0.2, 0) is 6.42 Å². The standard InChI is InChI=1S/C20H22N4/c1-13-10-15(6-9-19(13)24-21-2)18-12-22-20-17(18)8-7-16(23-20)11-14-4-3-5-14/h6-10,12,14H,3-5,11H2,1-2H3,(H,22,23). The average molecular weight is 318 g/mol. The fourth-order valence-electron chi connectivity index (χ4n) is 3.43. The highest BCUT2D eigenvalue weighted by atomic mass is 15.1. The van der Waals surface area contributed by atoms with Gasteiger partial charge in [0.1, 0.15) is 5.65 Å². The summed E-state index contributed by atoms with van der Waals surface area (Å²) >= 11 is 0. The van der Waals surface area contributed by atoms with E-state index in [0.29, 0.717) is 0 Å². The molecule has 0 radical (unpaired) electrons. The maximum atomic E-state index is 4.82. The highest BCUT2D eigenvalue weighted by molar-refractivity contribution is 5.94. The second-order valence-electron chi connectivity index (χ2n) is 6.70. The molecule has 1 aromatic carbocycles. The lowest BCUT2D eigenvalue weighted by Crippen LogP contribution is -2.14. The van der Waals surface area contributed by atoms with Crippen LogP contribution in [0, 0.1) is 12.8 Å². The lowest BCUT2D eigenvalue weighted by molar-refractivity contribution is 0.312. The number of aromatic nitrogens is 2. The largest absolute Gasteiger partial charge is 0.346 e. The molecule has 2 aromatic heterocycles. The van der Waals surface area contributed by atoms with Gasteiger partial charge in [-0.15, -0.1) is 0 Å². The molecule has 1 aliphatic rings. The zero-order valence-corrected chi connectivity index (χ0v) is 14.2. The van der Waals surface area contributed by atoms with Crippen LogP contribution in [-0.4, -0.2) is 17.0 Å². The van der Waals surface area contributed by atoms with E-state index in [1.54, 1.807) is 7.05 Å². The third-order valence-corrected chi connectivity index (χ3v) is 5.03. The summed E-state index contributed by atoms with van der Waals surface area (Å²) in [5.74, 6) is 0.840. The molecular formula is C20H22N4. The van der Waals surface area contributed by atoms with E-state index in [4.69, 9.17) is 4.98 Å². The van der Waals surface area contributed by atoms with Crippen molar-refractivity contribution in [3.05, 3.63) is 47.8 Å². The molecule has 1 fully saturated rings. The van der Waals surface area contributed by atoms with Gasteiger partial charge in [-0.1, -0.05) is 25.3 Å². The molecule has 2 heterocycles. The zero-order chi connectivity index (χ0) is 16.5. The molecule has 0 unspecified atom stereocenters. The molecule has 0 atom stereocenters. The van der Waals surface area contributed by atoms with Crippen molar-refractivity contribution in [1.29, 1.82) is 0 Å². The first-order valence-electron chi connectivity index (χ1n) is 8.62. The SMILES string of the molecule is CN=Nc1ccc(-c2c[nH]c3nc(CC4CCC4)ccc23)cc1C. The van der Waals surface area contributed by atoms with E-state index >= 15 is 0 Å². The molecular weight excluding hydrogens is 296 g/mol. The smallest absolute Gasteiger partial charge is 0.138 e. The van der Waals surface area contributed by atoms with Crippen LogP contribution in [0.2, 0.25) is 0 Å². The van der Waals surface area contributed by atoms with Crippen LogP contribution < -0.4 is 0 Å². The molecule has 0 spiro atoms. The number of hydrogen-bond acceptors (Lipinski definition) is 3. The van der Waals surface area contributed by atoms with E-state index in [2.05, 4.69) is 52.6 Å². The monoisotopic (exact) mass is 318 g/mol. The molecule has 0 aliphatic heterocycles. The number of aryl methyl sites for hydroxylation is 1. The summed E-state index contributed by atoms with van der Waals surface area (Å²) in [6.07, 6.45) is 7.26. The molecule has 0 saturated heterocycles. The number of benzene rings is 1. The van der Waals surface area contributed by atoms with Gasteiger partial charge in [0.2, 0.25) is 0 Å². The lowest BCUT2D eigenvalue weighted by Gasteiger charge is -2.24. The molecule has 4 rings (SSSR count). The van der Waals surface area contributed by atoms with Crippen molar-refractivity contribution in [3.8, 4) is 11.1 Å². The summed E-state index contributed by atoms with van der Waals surface area (Å²) in [6.45, 7) is 2.07. The Bertz CT molecular complexity index is 903. The number of azo groups is 1. The molecule has 1 aliphatic carbocycles. The van der Waals surface area contributed by atoms with Crippen molar-refractivity contribution in [2.24, 2.45) is 16.1 Å². The first-order chi connectivity index (χ1) is 11.7. The maximum absolute atomic E-state index is 4.82. The van der Waals surface area contributed by atoms with E-state index in [0.717, 1.165) is 29.2 Å². The van der Waals surface area contributed by atoms with Gasteiger partial charge in [-0.2, -0.15) is 10.2 Å². The van der Waals surface area contributed by atoms with Crippen molar-refractivity contribution in [2.75, 3.05) is 7.05 Å². The van der Waals surface area contributed by atoms with Crippen molar-refractivity contribution < 1.29 is 0 Å². The number of aromatic amines is 1. The minimum absolute atomic E-state index is 0.840. The normalized spacial score (nSPS) is 15.2. The Morgan fingerprint density at radius 3 is 2.79 bits per heavy atom. The zero-order valence-electron chi connectivity index (χ0n) is 14.2. The van der Waals surface area contributed by atoms with Crippen LogP contribution >= 0.6 is 0 Å². The summed E-state index contributed by atoms with van der Waals surface area (Å²) in [7, 11) is 1.69. The molecule has 0 amide bonds. The van der Waals surface area contributed by atoms with E-state index in [9.17, 15) is 0 Å². The van der Waals surface area contributed by atoms with Gasteiger partial charge in [0.15, 0.2) is 0 Å². The molecule has 1 N–H and O–H groups in total. The Hall–Kier alpha value is -2.49. The van der Waals surface area contributed by atoms with Crippen molar-refractivity contribution >= 4 is 16.7 Å². The average Bonchev–Trinajstić information content (AvgIpc) is 2.96. The minimum Gasteiger partial charge on any atom is -0.346 e. The molecule has 4 nitrogen and oxygen atoms in total. The fourth-order valence-corrected chi connectivity index (χ4v) is 3.43. The number of nitrogens with zero attached hydrogens (tertiary/aromatic N) is 3. The first-order valence-corrected chi connectivity index (χ1v) is 8.62. The molecule has 122 valence electrons. The molecule has 1 saturated carbocycles. The van der Waals surface area contributed by atoms with Crippen LogP contribution in [0.15, 0.2) is 46.8 Å². The van der Waals surface area contributed by atoms with Crippen molar-refractivity contribution in [3.63, 3.8) is 0 Å². The molecule has 0 bridgehead atoms. The van der Waals surface area contributed by atoms with Gasteiger partial charge in [-0.25, -0.2) is 4.98 Å². The third-order valence-electron chi connectivity index (χ3n) is 5.03. The molecule has 4 heteroatoms.